The van der Waals surface area contributed by atoms with Crippen LogP contribution < -0.4 is 5.32 Å². The van der Waals surface area contributed by atoms with E-state index in [0.29, 0.717) is 5.92 Å². The Morgan fingerprint density at radius 3 is 2.89 bits per heavy atom. The fourth-order valence-electron chi connectivity index (χ4n) is 2.36. The van der Waals surface area contributed by atoms with Crippen molar-refractivity contribution in [3.8, 4) is 0 Å². The van der Waals surface area contributed by atoms with Gasteiger partial charge in [-0.05, 0) is 44.3 Å². The van der Waals surface area contributed by atoms with Crippen molar-refractivity contribution in [2.24, 2.45) is 5.92 Å². The van der Waals surface area contributed by atoms with Crippen molar-refractivity contribution in [2.45, 2.75) is 26.7 Å². The number of thiazole rings is 1. The first kappa shape index (κ1) is 14.2. The first-order valence-corrected chi connectivity index (χ1v) is 7.79. The van der Waals surface area contributed by atoms with Crippen LogP contribution in [0.4, 0.5) is 0 Å². The molecule has 19 heavy (non-hydrogen) atoms. The number of benzene rings is 1. The molecule has 0 radical (unpaired) electrons. The predicted molar refractivity (Wildman–Crippen MR) is 82.7 cm³/mol. The number of aromatic nitrogens is 1. The lowest BCUT2D eigenvalue weighted by Crippen LogP contribution is -2.25. The lowest BCUT2D eigenvalue weighted by atomic mass is 9.95. The highest BCUT2D eigenvalue weighted by Crippen LogP contribution is 2.17. The number of nitrogens with one attached hydrogen (secondary N) is 1. The second kappa shape index (κ2) is 7.41. The average Bonchev–Trinajstić information content (AvgIpc) is 2.89. The molecule has 0 bridgehead atoms. The van der Waals surface area contributed by atoms with Crippen molar-refractivity contribution >= 4 is 11.3 Å². The summed E-state index contributed by atoms with van der Waals surface area (Å²) in [4.78, 5) is 5.56. The maximum atomic E-state index is 4.17. The molecule has 2 nitrogen and oxygen atoms in total. The summed E-state index contributed by atoms with van der Waals surface area (Å²) in [6, 6.07) is 8.85. The molecule has 0 aliphatic carbocycles. The molecule has 0 saturated heterocycles. The van der Waals surface area contributed by atoms with E-state index in [1.807, 2.05) is 11.7 Å². The summed E-state index contributed by atoms with van der Waals surface area (Å²) in [5, 5.41) is 3.48. The van der Waals surface area contributed by atoms with E-state index < -0.39 is 0 Å². The molecule has 1 aromatic carbocycles. The van der Waals surface area contributed by atoms with E-state index in [9.17, 15) is 0 Å². The van der Waals surface area contributed by atoms with Gasteiger partial charge >= 0.3 is 0 Å². The van der Waals surface area contributed by atoms with Crippen LogP contribution in [0.25, 0.3) is 0 Å². The fourth-order valence-corrected chi connectivity index (χ4v) is 3.08. The summed E-state index contributed by atoms with van der Waals surface area (Å²) in [7, 11) is 0. The highest BCUT2D eigenvalue weighted by Gasteiger charge is 2.11. The second-order valence-electron chi connectivity index (χ2n) is 5.04. The van der Waals surface area contributed by atoms with Crippen molar-refractivity contribution in [3.63, 3.8) is 0 Å². The molecule has 0 amide bonds. The van der Waals surface area contributed by atoms with Crippen LogP contribution in [-0.2, 0) is 12.8 Å². The molecule has 0 spiro atoms. The molecular weight excluding hydrogens is 252 g/mol. The molecule has 2 rings (SSSR count). The third-order valence-corrected chi connectivity index (χ3v) is 4.07. The van der Waals surface area contributed by atoms with Crippen molar-refractivity contribution in [1.82, 2.24) is 10.3 Å². The van der Waals surface area contributed by atoms with Gasteiger partial charge in [-0.3, -0.25) is 4.98 Å². The van der Waals surface area contributed by atoms with Gasteiger partial charge in [-0.2, -0.15) is 0 Å². The zero-order valence-electron chi connectivity index (χ0n) is 11.7. The van der Waals surface area contributed by atoms with Crippen LogP contribution in [0.3, 0.4) is 0 Å². The monoisotopic (exact) mass is 274 g/mol. The quantitative estimate of drug-likeness (QED) is 0.836. The van der Waals surface area contributed by atoms with Gasteiger partial charge in [0.25, 0.3) is 0 Å². The zero-order chi connectivity index (χ0) is 13.5. The van der Waals surface area contributed by atoms with E-state index in [1.54, 1.807) is 11.3 Å². The van der Waals surface area contributed by atoms with E-state index in [4.69, 9.17) is 0 Å². The van der Waals surface area contributed by atoms with Crippen molar-refractivity contribution in [2.75, 3.05) is 13.1 Å². The Morgan fingerprint density at radius 2 is 2.21 bits per heavy atom. The van der Waals surface area contributed by atoms with Gasteiger partial charge in [0.05, 0.1) is 5.51 Å². The zero-order valence-corrected chi connectivity index (χ0v) is 12.5. The van der Waals surface area contributed by atoms with Gasteiger partial charge in [-0.15, -0.1) is 11.3 Å². The molecule has 0 aliphatic heterocycles. The Balaban J connectivity index is 2.00. The van der Waals surface area contributed by atoms with Crippen LogP contribution >= 0.6 is 11.3 Å². The number of hydrogen-bond donors (Lipinski definition) is 1. The second-order valence-corrected chi connectivity index (χ2v) is 6.01. The Morgan fingerprint density at radius 1 is 1.32 bits per heavy atom. The molecule has 1 aromatic heterocycles. The molecule has 1 N–H and O–H groups in total. The SMILES string of the molecule is CCNCC(Cc1cccc(C)c1)Cc1cncs1. The van der Waals surface area contributed by atoms with Gasteiger partial charge in [0, 0.05) is 11.1 Å². The van der Waals surface area contributed by atoms with Gasteiger partial charge in [-0.1, -0.05) is 36.8 Å². The smallest absolute Gasteiger partial charge is 0.0794 e. The van der Waals surface area contributed by atoms with E-state index in [2.05, 4.69) is 48.4 Å². The van der Waals surface area contributed by atoms with Crippen LogP contribution in [0.5, 0.6) is 0 Å². The van der Waals surface area contributed by atoms with E-state index >= 15 is 0 Å². The number of nitrogens with zero attached hydrogens (tertiary/aromatic N) is 1. The molecule has 102 valence electrons. The highest BCUT2D eigenvalue weighted by molar-refractivity contribution is 7.09. The minimum absolute atomic E-state index is 0.641. The van der Waals surface area contributed by atoms with Gasteiger partial charge in [-0.25, -0.2) is 0 Å². The molecule has 0 aliphatic rings. The summed E-state index contributed by atoms with van der Waals surface area (Å²) < 4.78 is 0. The summed E-state index contributed by atoms with van der Waals surface area (Å²) in [5.41, 5.74) is 4.71. The van der Waals surface area contributed by atoms with Gasteiger partial charge in [0.2, 0.25) is 0 Å². The van der Waals surface area contributed by atoms with Crippen LogP contribution in [0.1, 0.15) is 22.9 Å². The molecule has 0 saturated carbocycles. The summed E-state index contributed by atoms with van der Waals surface area (Å²) in [5.74, 6) is 0.641. The summed E-state index contributed by atoms with van der Waals surface area (Å²) >= 11 is 1.76. The fraction of sp³-hybridized carbons (Fsp3) is 0.438. The van der Waals surface area contributed by atoms with E-state index in [-0.39, 0.29) is 0 Å². The minimum Gasteiger partial charge on any atom is -0.317 e. The third-order valence-electron chi connectivity index (χ3n) is 3.26. The highest BCUT2D eigenvalue weighted by atomic mass is 32.1. The molecule has 0 fully saturated rings. The molecule has 3 heteroatoms. The maximum Gasteiger partial charge on any atom is 0.0794 e. The number of aryl methyl sites for hydroxylation is 1. The average molecular weight is 274 g/mol. The topological polar surface area (TPSA) is 24.9 Å². The van der Waals surface area contributed by atoms with Gasteiger partial charge in [0.1, 0.15) is 0 Å². The van der Waals surface area contributed by atoms with Gasteiger partial charge in [0.15, 0.2) is 0 Å². The van der Waals surface area contributed by atoms with E-state index in [0.717, 1.165) is 25.9 Å². The predicted octanol–water partition coefficient (Wildman–Crippen LogP) is 3.46. The standard InChI is InChI=1S/C16H22N2S/c1-3-17-10-15(9-16-11-18-12-19-16)8-14-6-4-5-13(2)7-14/h4-7,11-12,15,17H,3,8-10H2,1-2H3. The Labute approximate surface area is 119 Å². The lowest BCUT2D eigenvalue weighted by Gasteiger charge is -2.17. The van der Waals surface area contributed by atoms with Crippen molar-refractivity contribution in [3.05, 3.63) is 52.0 Å². The third kappa shape index (κ3) is 4.77. The molecule has 1 heterocycles. The van der Waals surface area contributed by atoms with Gasteiger partial charge < -0.3 is 5.32 Å². The minimum atomic E-state index is 0.641. The Hall–Kier alpha value is -1.19. The Bertz CT molecular complexity index is 479. The number of hydrogen-bond acceptors (Lipinski definition) is 3. The van der Waals surface area contributed by atoms with Crippen molar-refractivity contribution < 1.29 is 0 Å². The normalized spacial score (nSPS) is 12.5. The van der Waals surface area contributed by atoms with Crippen LogP contribution in [0.2, 0.25) is 0 Å². The summed E-state index contributed by atoms with van der Waals surface area (Å²) in [6.45, 7) is 6.43. The van der Waals surface area contributed by atoms with Crippen molar-refractivity contribution in [1.29, 1.82) is 0 Å². The first-order chi connectivity index (χ1) is 9.28. The van der Waals surface area contributed by atoms with Crippen LogP contribution in [-0.4, -0.2) is 18.1 Å². The summed E-state index contributed by atoms with van der Waals surface area (Å²) in [6.07, 6.45) is 4.25. The number of rotatable bonds is 7. The maximum absolute atomic E-state index is 4.17. The lowest BCUT2D eigenvalue weighted by molar-refractivity contribution is 0.481. The first-order valence-electron chi connectivity index (χ1n) is 6.91. The van der Waals surface area contributed by atoms with E-state index in [1.165, 1.54) is 16.0 Å². The Kier molecular flexibility index (Phi) is 5.55. The molecular formula is C16H22N2S. The largest absolute Gasteiger partial charge is 0.317 e. The molecule has 1 atom stereocenters. The van der Waals surface area contributed by atoms with Crippen LogP contribution in [0, 0.1) is 12.8 Å². The molecule has 1 unspecified atom stereocenters. The molecule has 2 aromatic rings. The van der Waals surface area contributed by atoms with Crippen LogP contribution in [0.15, 0.2) is 36.0 Å².